The van der Waals surface area contributed by atoms with Crippen molar-refractivity contribution in [3.63, 3.8) is 0 Å². The topological polar surface area (TPSA) is 94.9 Å². The summed E-state index contributed by atoms with van der Waals surface area (Å²) in [6, 6.07) is -0.819. The van der Waals surface area contributed by atoms with Gasteiger partial charge in [-0.25, -0.2) is 4.79 Å². The summed E-state index contributed by atoms with van der Waals surface area (Å²) in [5.74, 6) is -2.17. The number of rotatable bonds is 14. The van der Waals surface area contributed by atoms with Crippen molar-refractivity contribution in [1.82, 2.24) is 4.90 Å². The second-order valence-electron chi connectivity index (χ2n) is 8.82. The molecule has 1 amide bonds. The molecule has 0 aromatic heterocycles. The number of nitrogens with zero attached hydrogens (tertiary/aromatic N) is 1. The van der Waals surface area contributed by atoms with Gasteiger partial charge in [-0.15, -0.1) is 0 Å². The van der Waals surface area contributed by atoms with Gasteiger partial charge in [-0.2, -0.15) is 11.8 Å². The number of thioether (sulfide) groups is 1. The quantitative estimate of drug-likeness (QED) is 0.267. The van der Waals surface area contributed by atoms with E-state index < -0.39 is 23.9 Å². The summed E-state index contributed by atoms with van der Waals surface area (Å²) in [6.07, 6.45) is 11.7. The van der Waals surface area contributed by atoms with Crippen LogP contribution in [0.1, 0.15) is 72.6 Å². The molecule has 1 rings (SSSR count). The lowest BCUT2D eigenvalue weighted by Crippen LogP contribution is -2.41. The standard InChI is InChI=1S/C25H39NO5S/c1-18(2)8-5-9-19(3)10-6-11-20(4)13-15-32-17-21(24(28)29)16-23(27)26-14-7-12-22(26)25(30)31/h8,10,13,21-22H,5-7,9,11-12,14-17H2,1-4H3,(H,28,29)(H,30,31)/b19-10+,20-13+. The molecular formula is C25H39NO5S. The number of carbonyl (C=O) groups is 3. The fourth-order valence-corrected chi connectivity index (χ4v) is 4.70. The average Bonchev–Trinajstić information content (AvgIpc) is 3.20. The number of amides is 1. The van der Waals surface area contributed by atoms with Gasteiger partial charge in [0.05, 0.1) is 5.92 Å². The average molecular weight is 466 g/mol. The van der Waals surface area contributed by atoms with E-state index in [1.54, 1.807) is 0 Å². The molecule has 6 nitrogen and oxygen atoms in total. The first-order valence-electron chi connectivity index (χ1n) is 11.4. The molecule has 0 aliphatic carbocycles. The third kappa shape index (κ3) is 11.0. The summed E-state index contributed by atoms with van der Waals surface area (Å²) in [5.41, 5.74) is 4.03. The summed E-state index contributed by atoms with van der Waals surface area (Å²) in [7, 11) is 0. The number of likely N-dealkylation sites (tertiary alicyclic amines) is 1. The lowest BCUT2D eigenvalue weighted by Gasteiger charge is -2.23. The van der Waals surface area contributed by atoms with E-state index in [-0.39, 0.29) is 12.3 Å². The minimum absolute atomic E-state index is 0.147. The van der Waals surface area contributed by atoms with Crippen LogP contribution in [0.25, 0.3) is 0 Å². The van der Waals surface area contributed by atoms with Crippen LogP contribution >= 0.6 is 11.8 Å². The normalized spacial score (nSPS) is 17.9. The van der Waals surface area contributed by atoms with E-state index in [0.29, 0.717) is 30.9 Å². The third-order valence-electron chi connectivity index (χ3n) is 5.62. The lowest BCUT2D eigenvalue weighted by molar-refractivity contribution is -0.150. The first-order valence-corrected chi connectivity index (χ1v) is 12.5. The van der Waals surface area contributed by atoms with Gasteiger partial charge in [0.15, 0.2) is 0 Å². The molecular weight excluding hydrogens is 426 g/mol. The zero-order valence-electron chi connectivity index (χ0n) is 19.9. The monoisotopic (exact) mass is 465 g/mol. The number of hydrogen-bond donors (Lipinski definition) is 2. The molecule has 1 saturated heterocycles. The Bertz CT molecular complexity index is 737. The molecule has 1 aliphatic rings. The molecule has 32 heavy (non-hydrogen) atoms. The maximum atomic E-state index is 12.5. The first kappa shape index (κ1) is 28.0. The zero-order chi connectivity index (χ0) is 24.1. The van der Waals surface area contributed by atoms with Crippen molar-refractivity contribution in [1.29, 1.82) is 0 Å². The SMILES string of the molecule is CC(C)=CCC/C(C)=C/CC/C(C)=C/CSCC(CC(=O)N1CCCC1C(=O)O)C(=O)O. The van der Waals surface area contributed by atoms with Crippen LogP contribution in [0, 0.1) is 5.92 Å². The minimum Gasteiger partial charge on any atom is -0.481 e. The van der Waals surface area contributed by atoms with Crippen LogP contribution < -0.4 is 0 Å². The summed E-state index contributed by atoms with van der Waals surface area (Å²) < 4.78 is 0. The Morgan fingerprint density at radius 1 is 1.00 bits per heavy atom. The largest absolute Gasteiger partial charge is 0.481 e. The second kappa shape index (κ2) is 14.9. The lowest BCUT2D eigenvalue weighted by atomic mass is 10.1. The summed E-state index contributed by atoms with van der Waals surface area (Å²) in [4.78, 5) is 36.6. The molecule has 2 unspecified atom stereocenters. The molecule has 1 aliphatic heterocycles. The van der Waals surface area contributed by atoms with Gasteiger partial charge in [0.25, 0.3) is 0 Å². The van der Waals surface area contributed by atoms with E-state index in [0.717, 1.165) is 25.7 Å². The Balaban J connectivity index is 2.39. The molecule has 2 N–H and O–H groups in total. The molecule has 180 valence electrons. The first-order chi connectivity index (χ1) is 15.1. The van der Waals surface area contributed by atoms with Crippen molar-refractivity contribution in [3.05, 3.63) is 34.9 Å². The molecule has 0 radical (unpaired) electrons. The van der Waals surface area contributed by atoms with Crippen molar-refractivity contribution in [2.45, 2.75) is 78.7 Å². The number of hydrogen-bond acceptors (Lipinski definition) is 4. The van der Waals surface area contributed by atoms with Crippen LogP contribution in [0.2, 0.25) is 0 Å². The number of carboxylic acids is 2. The maximum absolute atomic E-state index is 12.5. The highest BCUT2D eigenvalue weighted by Crippen LogP contribution is 2.22. The molecule has 2 atom stereocenters. The Hall–Kier alpha value is -2.02. The van der Waals surface area contributed by atoms with Gasteiger partial charge in [0, 0.05) is 24.5 Å². The van der Waals surface area contributed by atoms with Gasteiger partial charge < -0.3 is 15.1 Å². The van der Waals surface area contributed by atoms with Crippen molar-refractivity contribution < 1.29 is 24.6 Å². The zero-order valence-corrected chi connectivity index (χ0v) is 20.7. The molecule has 1 heterocycles. The van der Waals surface area contributed by atoms with E-state index >= 15 is 0 Å². The van der Waals surface area contributed by atoms with Gasteiger partial charge in [-0.05, 0) is 66.2 Å². The summed E-state index contributed by atoms with van der Waals surface area (Å²) >= 11 is 1.50. The molecule has 0 aromatic carbocycles. The smallest absolute Gasteiger partial charge is 0.326 e. The van der Waals surface area contributed by atoms with Crippen LogP contribution in [0.15, 0.2) is 34.9 Å². The fourth-order valence-electron chi connectivity index (χ4n) is 3.62. The summed E-state index contributed by atoms with van der Waals surface area (Å²) in [5, 5.41) is 18.7. The van der Waals surface area contributed by atoms with Crippen LogP contribution in [-0.4, -0.2) is 57.1 Å². The van der Waals surface area contributed by atoms with Crippen LogP contribution in [0.5, 0.6) is 0 Å². The predicted molar refractivity (Wildman–Crippen MR) is 131 cm³/mol. The maximum Gasteiger partial charge on any atom is 0.326 e. The van der Waals surface area contributed by atoms with Crippen LogP contribution in [0.4, 0.5) is 0 Å². The van der Waals surface area contributed by atoms with E-state index in [1.165, 1.54) is 33.4 Å². The number of aliphatic carboxylic acids is 2. The van der Waals surface area contributed by atoms with Gasteiger partial charge in [-0.1, -0.05) is 34.9 Å². The highest BCUT2D eigenvalue weighted by molar-refractivity contribution is 7.99. The van der Waals surface area contributed by atoms with E-state index in [1.807, 2.05) is 0 Å². The van der Waals surface area contributed by atoms with Crippen molar-refractivity contribution in [3.8, 4) is 0 Å². The van der Waals surface area contributed by atoms with Gasteiger partial charge in [-0.3, -0.25) is 9.59 Å². The molecule has 0 saturated carbocycles. The van der Waals surface area contributed by atoms with Crippen molar-refractivity contribution >= 4 is 29.6 Å². The predicted octanol–water partition coefficient (Wildman–Crippen LogP) is 5.31. The van der Waals surface area contributed by atoms with Gasteiger partial charge >= 0.3 is 11.9 Å². The van der Waals surface area contributed by atoms with E-state index in [2.05, 4.69) is 45.9 Å². The van der Waals surface area contributed by atoms with Crippen molar-refractivity contribution in [2.75, 3.05) is 18.1 Å². The molecule has 0 bridgehead atoms. The number of carbonyl (C=O) groups excluding carboxylic acids is 1. The molecule has 1 fully saturated rings. The number of carboxylic acid groups (broad SMARTS) is 2. The Labute approximate surface area is 196 Å². The van der Waals surface area contributed by atoms with Gasteiger partial charge in [0.2, 0.25) is 5.91 Å². The second-order valence-corrected chi connectivity index (χ2v) is 9.89. The Kier molecular flexibility index (Phi) is 13.1. The van der Waals surface area contributed by atoms with Gasteiger partial charge in [0.1, 0.15) is 6.04 Å². The van der Waals surface area contributed by atoms with Crippen molar-refractivity contribution in [2.24, 2.45) is 5.92 Å². The summed E-state index contributed by atoms with van der Waals surface area (Å²) in [6.45, 7) is 8.88. The number of allylic oxidation sites excluding steroid dienone is 5. The highest BCUT2D eigenvalue weighted by atomic mass is 32.2. The fraction of sp³-hybridized carbons (Fsp3) is 0.640. The van der Waals surface area contributed by atoms with Crippen LogP contribution in [-0.2, 0) is 14.4 Å². The molecule has 0 spiro atoms. The molecule has 7 heteroatoms. The van der Waals surface area contributed by atoms with E-state index in [9.17, 15) is 24.6 Å². The highest BCUT2D eigenvalue weighted by Gasteiger charge is 2.35. The minimum atomic E-state index is -1.02. The van der Waals surface area contributed by atoms with Crippen LogP contribution in [0.3, 0.4) is 0 Å². The Morgan fingerprint density at radius 2 is 1.62 bits per heavy atom. The third-order valence-corrected chi connectivity index (χ3v) is 6.66. The van der Waals surface area contributed by atoms with E-state index in [4.69, 9.17) is 0 Å². The molecule has 0 aromatic rings. The Morgan fingerprint density at radius 3 is 2.22 bits per heavy atom.